The zero-order valence-corrected chi connectivity index (χ0v) is 18.1. The van der Waals surface area contributed by atoms with Crippen LogP contribution in [0.25, 0.3) is 0 Å². The molecular formula is C24H38O5. The molecule has 3 N–H and O–H groups in total. The maximum Gasteiger partial charge on any atom is 0.303 e. The molecule has 4 aliphatic rings. The number of carbonyl (C=O) groups is 2. The predicted octanol–water partition coefficient (Wildman–Crippen LogP) is 3.66. The average Bonchev–Trinajstić information content (AvgIpc) is 2.99. The summed E-state index contributed by atoms with van der Waals surface area (Å²) in [4.78, 5) is 24.2. The first-order valence-corrected chi connectivity index (χ1v) is 11.7. The van der Waals surface area contributed by atoms with Gasteiger partial charge in [-0.05, 0) is 85.4 Å². The predicted molar refractivity (Wildman–Crippen MR) is 109 cm³/mol. The molecule has 0 aliphatic heterocycles. The molecule has 4 rings (SSSR count). The Balaban J connectivity index is 1.57. The van der Waals surface area contributed by atoms with E-state index in [0.29, 0.717) is 54.6 Å². The molecule has 0 amide bonds. The van der Waals surface area contributed by atoms with Gasteiger partial charge in [0.2, 0.25) is 0 Å². The number of aliphatic hydroxyl groups excluding tert-OH is 2. The van der Waals surface area contributed by atoms with E-state index in [-0.39, 0.29) is 23.2 Å². The third kappa shape index (κ3) is 3.27. The third-order valence-electron chi connectivity index (χ3n) is 10.0. The molecule has 0 saturated heterocycles. The van der Waals surface area contributed by atoms with Gasteiger partial charge in [-0.2, -0.15) is 0 Å². The Hall–Kier alpha value is -0.940. The van der Waals surface area contributed by atoms with Crippen LogP contribution >= 0.6 is 0 Å². The highest BCUT2D eigenvalue weighted by atomic mass is 16.4. The van der Waals surface area contributed by atoms with Gasteiger partial charge in [-0.1, -0.05) is 20.8 Å². The molecule has 0 spiro atoms. The topological polar surface area (TPSA) is 94.8 Å². The fraction of sp³-hybridized carbons (Fsp3) is 0.917. The molecule has 4 fully saturated rings. The molecule has 10 atom stereocenters. The Kier molecular flexibility index (Phi) is 5.39. The summed E-state index contributed by atoms with van der Waals surface area (Å²) in [6.07, 6.45) is 5.56. The number of carboxylic acid groups (broad SMARTS) is 1. The van der Waals surface area contributed by atoms with Gasteiger partial charge in [0.25, 0.3) is 0 Å². The van der Waals surface area contributed by atoms with Crippen molar-refractivity contribution in [3.05, 3.63) is 0 Å². The van der Waals surface area contributed by atoms with Gasteiger partial charge in [-0.3, -0.25) is 9.59 Å². The summed E-state index contributed by atoms with van der Waals surface area (Å²) in [5.74, 6) is 1.74. The fourth-order valence-corrected chi connectivity index (χ4v) is 8.60. The highest BCUT2D eigenvalue weighted by molar-refractivity contribution is 5.83. The lowest BCUT2D eigenvalue weighted by atomic mass is 9.44. The highest BCUT2D eigenvalue weighted by Crippen LogP contribution is 2.67. The highest BCUT2D eigenvalue weighted by Gasteiger charge is 2.63. The van der Waals surface area contributed by atoms with Crippen LogP contribution < -0.4 is 0 Å². The summed E-state index contributed by atoms with van der Waals surface area (Å²) in [6.45, 7) is 6.82. The molecule has 0 unspecified atom stereocenters. The standard InChI is InChI=1S/C24H38O5/c1-13(4-7-22(28)29)15-5-6-16-14-10-19(25)18-11-20(26)21(27)12-24(18,3)17(14)8-9-23(15,16)2/h13-18,20-21,26-27H,4-12H2,1-3H3,(H,28,29)/t13-,14+,15-,16+,17+,18-,20-,21+,23-,24-/m1/s1. The number of carboxylic acids is 1. The van der Waals surface area contributed by atoms with Crippen LogP contribution in [0.3, 0.4) is 0 Å². The molecule has 4 aliphatic carbocycles. The molecule has 4 saturated carbocycles. The molecular weight excluding hydrogens is 368 g/mol. The van der Waals surface area contributed by atoms with E-state index < -0.39 is 18.2 Å². The first-order valence-electron chi connectivity index (χ1n) is 11.7. The van der Waals surface area contributed by atoms with E-state index in [1.54, 1.807) is 0 Å². The number of fused-ring (bicyclic) bond motifs is 5. The van der Waals surface area contributed by atoms with E-state index in [0.717, 1.165) is 32.1 Å². The molecule has 5 heteroatoms. The second-order valence-electron chi connectivity index (χ2n) is 11.3. The molecule has 0 heterocycles. The van der Waals surface area contributed by atoms with E-state index >= 15 is 0 Å². The van der Waals surface area contributed by atoms with Crippen molar-refractivity contribution in [2.75, 3.05) is 0 Å². The largest absolute Gasteiger partial charge is 0.481 e. The Morgan fingerprint density at radius 1 is 1.10 bits per heavy atom. The van der Waals surface area contributed by atoms with Crippen LogP contribution in [0, 0.1) is 46.3 Å². The SMILES string of the molecule is C[C@H](CCC(=O)O)[C@H]1CC[C@H]2[C@@H]3CC(=O)[C@H]4C[C@@H](O)[C@@H](O)C[C@]4(C)[C@H]3CC[C@]12C. The second kappa shape index (κ2) is 7.33. The zero-order chi connectivity index (χ0) is 21.1. The summed E-state index contributed by atoms with van der Waals surface area (Å²) in [5.41, 5.74) is -0.0116. The van der Waals surface area contributed by atoms with Crippen molar-refractivity contribution < 1.29 is 24.9 Å². The molecule has 0 aromatic carbocycles. The monoisotopic (exact) mass is 406 g/mol. The Morgan fingerprint density at radius 2 is 1.79 bits per heavy atom. The van der Waals surface area contributed by atoms with Crippen molar-refractivity contribution >= 4 is 11.8 Å². The van der Waals surface area contributed by atoms with Crippen molar-refractivity contribution in [2.45, 2.75) is 90.8 Å². The first kappa shape index (κ1) is 21.3. The summed E-state index contributed by atoms with van der Waals surface area (Å²) < 4.78 is 0. The smallest absolute Gasteiger partial charge is 0.303 e. The first-order chi connectivity index (χ1) is 13.6. The van der Waals surface area contributed by atoms with Gasteiger partial charge in [-0.25, -0.2) is 0 Å². The number of rotatable bonds is 4. The van der Waals surface area contributed by atoms with E-state index in [2.05, 4.69) is 20.8 Å². The number of aliphatic carboxylic acids is 1. The molecule has 0 bridgehead atoms. The quantitative estimate of drug-likeness (QED) is 0.662. The minimum Gasteiger partial charge on any atom is -0.481 e. The molecule has 0 aromatic rings. The lowest BCUT2D eigenvalue weighted by Gasteiger charge is -2.61. The van der Waals surface area contributed by atoms with Crippen LogP contribution in [-0.4, -0.2) is 39.3 Å². The molecule has 0 radical (unpaired) electrons. The number of carbonyl (C=O) groups excluding carboxylic acids is 1. The second-order valence-corrected chi connectivity index (χ2v) is 11.3. The van der Waals surface area contributed by atoms with E-state index in [1.165, 1.54) is 0 Å². The number of aliphatic hydroxyl groups is 2. The van der Waals surface area contributed by atoms with Crippen molar-refractivity contribution in [1.29, 1.82) is 0 Å². The molecule has 164 valence electrons. The summed E-state index contributed by atoms with van der Waals surface area (Å²) >= 11 is 0. The van der Waals surface area contributed by atoms with Crippen molar-refractivity contribution in [2.24, 2.45) is 46.3 Å². The molecule has 5 nitrogen and oxygen atoms in total. The van der Waals surface area contributed by atoms with Crippen LogP contribution in [0.1, 0.15) is 78.6 Å². The van der Waals surface area contributed by atoms with Crippen LogP contribution in [0.15, 0.2) is 0 Å². The summed E-state index contributed by atoms with van der Waals surface area (Å²) in [7, 11) is 0. The van der Waals surface area contributed by atoms with Gasteiger partial charge in [0.1, 0.15) is 5.78 Å². The van der Waals surface area contributed by atoms with Crippen molar-refractivity contribution in [3.8, 4) is 0 Å². The minimum absolute atomic E-state index is 0.113. The number of Topliss-reactive ketones (excluding diaryl/α,β-unsaturated/α-hetero) is 1. The van der Waals surface area contributed by atoms with Crippen molar-refractivity contribution in [1.82, 2.24) is 0 Å². The number of hydrogen-bond donors (Lipinski definition) is 3. The van der Waals surface area contributed by atoms with Crippen molar-refractivity contribution in [3.63, 3.8) is 0 Å². The maximum atomic E-state index is 13.2. The lowest BCUT2D eigenvalue weighted by molar-refractivity contribution is -0.173. The Bertz CT molecular complexity index is 676. The molecule has 0 aromatic heterocycles. The van der Waals surface area contributed by atoms with Gasteiger partial charge in [0.15, 0.2) is 0 Å². The van der Waals surface area contributed by atoms with E-state index in [9.17, 15) is 19.8 Å². The number of ketones is 1. The number of hydrogen-bond acceptors (Lipinski definition) is 4. The van der Waals surface area contributed by atoms with E-state index in [1.807, 2.05) is 0 Å². The maximum absolute atomic E-state index is 13.2. The van der Waals surface area contributed by atoms with Crippen LogP contribution in [0.4, 0.5) is 0 Å². The Morgan fingerprint density at radius 3 is 2.48 bits per heavy atom. The van der Waals surface area contributed by atoms with E-state index in [4.69, 9.17) is 5.11 Å². The van der Waals surface area contributed by atoms with Gasteiger partial charge < -0.3 is 15.3 Å². The van der Waals surface area contributed by atoms with Gasteiger partial charge >= 0.3 is 5.97 Å². The van der Waals surface area contributed by atoms with Crippen LogP contribution in [0.2, 0.25) is 0 Å². The Labute approximate surface area is 174 Å². The average molecular weight is 407 g/mol. The summed E-state index contributed by atoms with van der Waals surface area (Å²) in [6, 6.07) is 0. The normalized spacial score (nSPS) is 50.4. The van der Waals surface area contributed by atoms with Gasteiger partial charge in [0.05, 0.1) is 12.2 Å². The lowest BCUT2D eigenvalue weighted by Crippen LogP contribution is -2.59. The third-order valence-corrected chi connectivity index (χ3v) is 10.0. The summed E-state index contributed by atoms with van der Waals surface area (Å²) in [5, 5.41) is 29.7. The molecule has 29 heavy (non-hydrogen) atoms. The fourth-order valence-electron chi connectivity index (χ4n) is 8.60. The van der Waals surface area contributed by atoms with Gasteiger partial charge in [0, 0.05) is 18.8 Å². The van der Waals surface area contributed by atoms with Crippen LogP contribution in [0.5, 0.6) is 0 Å². The minimum atomic E-state index is -0.770. The van der Waals surface area contributed by atoms with Crippen LogP contribution in [-0.2, 0) is 9.59 Å². The zero-order valence-electron chi connectivity index (χ0n) is 18.1. The van der Waals surface area contributed by atoms with Gasteiger partial charge in [-0.15, -0.1) is 0 Å².